The molecular formula is C27H25NO5. The lowest BCUT2D eigenvalue weighted by molar-refractivity contribution is -0.145. The molecule has 2 unspecified atom stereocenters. The van der Waals surface area contributed by atoms with Gasteiger partial charge in [0, 0.05) is 18.4 Å². The maximum atomic E-state index is 13.5. The molecule has 33 heavy (non-hydrogen) atoms. The molecule has 1 heterocycles. The summed E-state index contributed by atoms with van der Waals surface area (Å²) in [5.41, 5.74) is 0.977. The summed E-state index contributed by atoms with van der Waals surface area (Å²) in [4.78, 5) is 39.6. The molecule has 1 saturated heterocycles. The number of ether oxygens (including phenoxy) is 2. The fourth-order valence-electron chi connectivity index (χ4n) is 4.18. The van der Waals surface area contributed by atoms with Crippen LogP contribution in [0.2, 0.25) is 0 Å². The fourth-order valence-corrected chi connectivity index (χ4v) is 4.18. The molecule has 1 aliphatic rings. The number of cyclic esters (lactones) is 1. The summed E-state index contributed by atoms with van der Waals surface area (Å²) in [5, 5.41) is 0. The first kappa shape index (κ1) is 22.3. The van der Waals surface area contributed by atoms with Gasteiger partial charge < -0.3 is 14.3 Å². The lowest BCUT2D eigenvalue weighted by Gasteiger charge is -2.35. The second-order valence-electron chi connectivity index (χ2n) is 7.98. The van der Waals surface area contributed by atoms with Crippen molar-refractivity contribution in [2.45, 2.75) is 37.6 Å². The van der Waals surface area contributed by atoms with Gasteiger partial charge >= 0.3 is 12.1 Å². The van der Waals surface area contributed by atoms with Gasteiger partial charge in [-0.1, -0.05) is 91.0 Å². The molecule has 0 spiro atoms. The van der Waals surface area contributed by atoms with E-state index in [2.05, 4.69) is 0 Å². The molecule has 1 fully saturated rings. The van der Waals surface area contributed by atoms with E-state index in [0.717, 1.165) is 17.4 Å². The topological polar surface area (TPSA) is 72.9 Å². The first-order valence-corrected chi connectivity index (χ1v) is 10.9. The number of aldehydes is 1. The predicted octanol–water partition coefficient (Wildman–Crippen LogP) is 4.84. The van der Waals surface area contributed by atoms with E-state index < -0.39 is 23.8 Å². The first-order valence-electron chi connectivity index (χ1n) is 10.9. The van der Waals surface area contributed by atoms with Crippen molar-refractivity contribution in [1.29, 1.82) is 0 Å². The summed E-state index contributed by atoms with van der Waals surface area (Å²) < 4.78 is 11.4. The smallest absolute Gasteiger partial charge is 0.414 e. The number of benzene rings is 3. The minimum atomic E-state index is -1.36. The average Bonchev–Trinajstić information content (AvgIpc) is 3.15. The van der Waals surface area contributed by atoms with Crippen LogP contribution < -0.4 is 0 Å². The van der Waals surface area contributed by atoms with Gasteiger partial charge in [-0.3, -0.25) is 4.90 Å². The Morgan fingerprint density at radius 1 is 0.909 bits per heavy atom. The molecule has 1 amide bonds. The standard InChI is InChI=1S/C27H25NO5/c29-18-10-17-27(19-21-11-4-1-5-12-21)25(30)33-24(23-15-8-3-9-16-23)28(27)26(31)32-20-22-13-6-2-7-14-22/h1-9,11-16,18,24H,10,17,19-20H2. The van der Waals surface area contributed by atoms with Gasteiger partial charge in [-0.2, -0.15) is 0 Å². The highest BCUT2D eigenvalue weighted by Gasteiger charge is 2.58. The molecule has 0 N–H and O–H groups in total. The Labute approximate surface area is 192 Å². The molecule has 6 nitrogen and oxygen atoms in total. The van der Waals surface area contributed by atoms with Crippen LogP contribution in [0.4, 0.5) is 4.79 Å². The average molecular weight is 443 g/mol. The van der Waals surface area contributed by atoms with E-state index in [1.165, 1.54) is 4.90 Å². The molecular weight excluding hydrogens is 418 g/mol. The summed E-state index contributed by atoms with van der Waals surface area (Å²) in [7, 11) is 0. The van der Waals surface area contributed by atoms with Crippen molar-refractivity contribution in [3.63, 3.8) is 0 Å². The summed E-state index contributed by atoms with van der Waals surface area (Å²) in [5.74, 6) is -0.543. The molecule has 1 aliphatic heterocycles. The number of nitrogens with zero attached hydrogens (tertiary/aromatic N) is 1. The molecule has 0 bridgehead atoms. The number of rotatable bonds is 8. The lowest BCUT2D eigenvalue weighted by atomic mass is 9.85. The van der Waals surface area contributed by atoms with Crippen LogP contribution in [0.5, 0.6) is 0 Å². The number of hydrogen-bond donors (Lipinski definition) is 0. The summed E-state index contributed by atoms with van der Waals surface area (Å²) >= 11 is 0. The van der Waals surface area contributed by atoms with E-state index in [0.29, 0.717) is 5.56 Å². The van der Waals surface area contributed by atoms with Crippen LogP contribution in [-0.4, -0.2) is 28.8 Å². The van der Waals surface area contributed by atoms with E-state index in [1.54, 1.807) is 12.1 Å². The maximum absolute atomic E-state index is 13.5. The van der Waals surface area contributed by atoms with Crippen LogP contribution in [0.15, 0.2) is 91.0 Å². The highest BCUT2D eigenvalue weighted by atomic mass is 16.6. The van der Waals surface area contributed by atoms with Gasteiger partial charge in [0.25, 0.3) is 0 Å². The van der Waals surface area contributed by atoms with Crippen LogP contribution in [0.3, 0.4) is 0 Å². The minimum Gasteiger partial charge on any atom is -0.444 e. The molecule has 2 atom stereocenters. The van der Waals surface area contributed by atoms with Gasteiger partial charge in [-0.15, -0.1) is 0 Å². The third kappa shape index (κ3) is 4.80. The molecule has 0 aromatic heterocycles. The monoisotopic (exact) mass is 443 g/mol. The third-order valence-corrected chi connectivity index (χ3v) is 5.80. The molecule has 0 saturated carbocycles. The molecule has 3 aromatic carbocycles. The van der Waals surface area contributed by atoms with Gasteiger partial charge in [-0.25, -0.2) is 9.59 Å². The van der Waals surface area contributed by atoms with Crippen molar-refractivity contribution in [1.82, 2.24) is 4.90 Å². The van der Waals surface area contributed by atoms with Crippen molar-refractivity contribution in [3.8, 4) is 0 Å². The Morgan fingerprint density at radius 3 is 2.09 bits per heavy atom. The Hall–Kier alpha value is -3.93. The molecule has 3 aromatic rings. The first-order chi connectivity index (χ1) is 16.1. The van der Waals surface area contributed by atoms with E-state index in [1.807, 2.05) is 78.9 Å². The Morgan fingerprint density at radius 2 is 1.48 bits per heavy atom. The predicted molar refractivity (Wildman–Crippen MR) is 122 cm³/mol. The largest absolute Gasteiger partial charge is 0.444 e. The van der Waals surface area contributed by atoms with Crippen molar-refractivity contribution in [2.75, 3.05) is 0 Å². The SMILES string of the molecule is O=CCCC1(Cc2ccccc2)C(=O)OC(c2ccccc2)N1C(=O)OCc1ccccc1. The highest BCUT2D eigenvalue weighted by Crippen LogP contribution is 2.43. The van der Waals surface area contributed by atoms with Gasteiger partial charge in [-0.05, 0) is 17.5 Å². The number of hydrogen-bond acceptors (Lipinski definition) is 5. The van der Waals surface area contributed by atoms with Crippen molar-refractivity contribution in [2.24, 2.45) is 0 Å². The van der Waals surface area contributed by atoms with Crippen molar-refractivity contribution in [3.05, 3.63) is 108 Å². The maximum Gasteiger partial charge on any atom is 0.414 e. The minimum absolute atomic E-state index is 0.0565. The lowest BCUT2D eigenvalue weighted by Crippen LogP contribution is -2.53. The zero-order valence-electron chi connectivity index (χ0n) is 18.1. The fraction of sp³-hybridized carbons (Fsp3) is 0.222. The molecule has 0 radical (unpaired) electrons. The number of esters is 1. The normalized spacial score (nSPS) is 19.7. The molecule has 168 valence electrons. The van der Waals surface area contributed by atoms with Gasteiger partial charge in [0.15, 0.2) is 5.54 Å². The van der Waals surface area contributed by atoms with E-state index in [4.69, 9.17) is 9.47 Å². The molecule has 4 rings (SSSR count). The van der Waals surface area contributed by atoms with Crippen molar-refractivity contribution < 1.29 is 23.9 Å². The molecule has 6 heteroatoms. The Balaban J connectivity index is 1.72. The third-order valence-electron chi connectivity index (χ3n) is 5.80. The van der Waals surface area contributed by atoms with Gasteiger partial charge in [0.05, 0.1) is 0 Å². The zero-order valence-corrected chi connectivity index (χ0v) is 18.1. The van der Waals surface area contributed by atoms with Gasteiger partial charge in [0.2, 0.25) is 6.23 Å². The van der Waals surface area contributed by atoms with Gasteiger partial charge in [0.1, 0.15) is 12.9 Å². The second-order valence-corrected chi connectivity index (χ2v) is 7.98. The zero-order chi connectivity index (χ0) is 23.1. The molecule has 0 aliphatic carbocycles. The summed E-state index contributed by atoms with van der Waals surface area (Å²) in [6.45, 7) is 0.0565. The second kappa shape index (κ2) is 10.1. The number of carbonyl (C=O) groups excluding carboxylic acids is 3. The Bertz CT molecular complexity index is 1090. The van der Waals surface area contributed by atoms with Crippen LogP contribution in [-0.2, 0) is 32.1 Å². The van der Waals surface area contributed by atoms with Crippen LogP contribution in [0.25, 0.3) is 0 Å². The summed E-state index contributed by atoms with van der Waals surface area (Å²) in [6, 6.07) is 27.8. The Kier molecular flexibility index (Phi) is 6.83. The van der Waals surface area contributed by atoms with Crippen LogP contribution >= 0.6 is 0 Å². The van der Waals surface area contributed by atoms with E-state index in [9.17, 15) is 14.4 Å². The quantitative estimate of drug-likeness (QED) is 0.368. The number of carbonyl (C=O) groups is 3. The number of amides is 1. The van der Waals surface area contributed by atoms with E-state index >= 15 is 0 Å². The van der Waals surface area contributed by atoms with Crippen molar-refractivity contribution >= 4 is 18.3 Å². The van der Waals surface area contributed by atoms with Crippen LogP contribution in [0, 0.1) is 0 Å². The van der Waals surface area contributed by atoms with Crippen LogP contribution in [0.1, 0.15) is 35.8 Å². The van der Waals surface area contributed by atoms with E-state index in [-0.39, 0.29) is 25.9 Å². The summed E-state index contributed by atoms with van der Waals surface area (Å²) in [6.07, 6.45) is -0.411. The highest BCUT2D eigenvalue weighted by molar-refractivity contribution is 5.89.